The van der Waals surface area contributed by atoms with Crippen molar-refractivity contribution in [3.63, 3.8) is 0 Å². The molecule has 1 amide bonds. The highest BCUT2D eigenvalue weighted by molar-refractivity contribution is 5.77. The lowest BCUT2D eigenvalue weighted by molar-refractivity contribution is -0.146. The number of rotatable bonds is 2. The van der Waals surface area contributed by atoms with Gasteiger partial charge in [-0.15, -0.1) is 0 Å². The summed E-state index contributed by atoms with van der Waals surface area (Å²) in [6.45, 7) is 7.78. The summed E-state index contributed by atoms with van der Waals surface area (Å²) in [5, 5.41) is 3.24. The molecular weight excluding hydrogens is 220 g/mol. The lowest BCUT2D eigenvalue weighted by Crippen LogP contribution is -2.50. The monoisotopic (exact) mass is 242 g/mol. The second kappa shape index (κ2) is 5.80. The van der Waals surface area contributed by atoms with Gasteiger partial charge in [0.2, 0.25) is 5.91 Å². The highest BCUT2D eigenvalue weighted by Gasteiger charge is 2.28. The van der Waals surface area contributed by atoms with Crippen molar-refractivity contribution in [1.29, 1.82) is 0 Å². The number of morpholine rings is 2. The van der Waals surface area contributed by atoms with Crippen LogP contribution in [0, 0.1) is 0 Å². The average molecular weight is 242 g/mol. The number of amides is 1. The van der Waals surface area contributed by atoms with E-state index >= 15 is 0 Å². The van der Waals surface area contributed by atoms with Crippen molar-refractivity contribution in [3.05, 3.63) is 0 Å². The molecule has 2 heterocycles. The molecule has 0 saturated carbocycles. The van der Waals surface area contributed by atoms with E-state index in [1.807, 2.05) is 18.7 Å². The summed E-state index contributed by atoms with van der Waals surface area (Å²) in [4.78, 5) is 14.0. The number of ether oxygens (including phenoxy) is 2. The van der Waals surface area contributed by atoms with E-state index in [1.54, 1.807) is 0 Å². The van der Waals surface area contributed by atoms with E-state index in [0.717, 1.165) is 13.1 Å². The van der Waals surface area contributed by atoms with Crippen LogP contribution < -0.4 is 5.32 Å². The number of hydrogen-bond acceptors (Lipinski definition) is 4. The molecule has 5 heteroatoms. The summed E-state index contributed by atoms with van der Waals surface area (Å²) < 4.78 is 11.2. The van der Waals surface area contributed by atoms with Gasteiger partial charge in [0.25, 0.3) is 0 Å². The number of carbonyl (C=O) groups is 1. The molecular formula is C12H22N2O3. The molecule has 98 valence electrons. The lowest BCUT2D eigenvalue weighted by Gasteiger charge is -2.36. The van der Waals surface area contributed by atoms with Gasteiger partial charge >= 0.3 is 0 Å². The van der Waals surface area contributed by atoms with Gasteiger partial charge in [-0.1, -0.05) is 0 Å². The Morgan fingerprint density at radius 3 is 2.65 bits per heavy atom. The Kier molecular flexibility index (Phi) is 4.36. The fourth-order valence-electron chi connectivity index (χ4n) is 2.46. The third-order valence-corrected chi connectivity index (χ3v) is 3.18. The second-order valence-corrected chi connectivity index (χ2v) is 4.96. The van der Waals surface area contributed by atoms with E-state index < -0.39 is 0 Å². The molecule has 17 heavy (non-hydrogen) atoms. The van der Waals surface area contributed by atoms with E-state index in [4.69, 9.17) is 9.47 Å². The molecule has 0 aromatic carbocycles. The highest BCUT2D eigenvalue weighted by atomic mass is 16.5. The van der Waals surface area contributed by atoms with Crippen molar-refractivity contribution < 1.29 is 14.3 Å². The molecule has 0 radical (unpaired) electrons. The Labute approximate surface area is 102 Å². The van der Waals surface area contributed by atoms with Gasteiger partial charge in [-0.25, -0.2) is 0 Å². The molecule has 0 aromatic heterocycles. The van der Waals surface area contributed by atoms with E-state index in [1.165, 1.54) is 0 Å². The van der Waals surface area contributed by atoms with Crippen LogP contribution in [-0.4, -0.2) is 61.9 Å². The predicted octanol–water partition coefficient (Wildman–Crippen LogP) is 0.000700. The Bertz CT molecular complexity index is 256. The summed E-state index contributed by atoms with van der Waals surface area (Å²) in [5.41, 5.74) is 0. The molecule has 3 atom stereocenters. The summed E-state index contributed by atoms with van der Waals surface area (Å²) in [6.07, 6.45) is 0.776. The summed E-state index contributed by atoms with van der Waals surface area (Å²) >= 11 is 0. The van der Waals surface area contributed by atoms with Gasteiger partial charge in [0.1, 0.15) is 0 Å². The average Bonchev–Trinajstić information content (AvgIpc) is 2.29. The Balaban J connectivity index is 1.81. The number of nitrogens with one attached hydrogen (secondary N) is 1. The summed E-state index contributed by atoms with van der Waals surface area (Å²) in [7, 11) is 0. The quantitative estimate of drug-likeness (QED) is 0.740. The SMILES string of the molecule is CC1CN(C(=O)CC2CNCCO2)CC(C)O1. The van der Waals surface area contributed by atoms with Crippen LogP contribution in [0.3, 0.4) is 0 Å². The minimum absolute atomic E-state index is 0.0321. The fourth-order valence-corrected chi connectivity index (χ4v) is 2.46. The van der Waals surface area contributed by atoms with Gasteiger partial charge in [0, 0.05) is 26.2 Å². The standard InChI is InChI=1S/C12H22N2O3/c1-9-7-14(8-10(2)17-9)12(15)5-11-6-13-3-4-16-11/h9-11,13H,3-8H2,1-2H3. The summed E-state index contributed by atoms with van der Waals surface area (Å²) in [5.74, 6) is 0.181. The van der Waals surface area contributed by atoms with Crippen molar-refractivity contribution in [3.8, 4) is 0 Å². The number of hydrogen-bond donors (Lipinski definition) is 1. The van der Waals surface area contributed by atoms with Gasteiger partial charge in [0.05, 0.1) is 31.3 Å². The molecule has 2 aliphatic rings. The third kappa shape index (κ3) is 3.66. The topological polar surface area (TPSA) is 50.8 Å². The molecule has 0 spiro atoms. The summed E-state index contributed by atoms with van der Waals surface area (Å²) in [6, 6.07) is 0. The van der Waals surface area contributed by atoms with Crippen LogP contribution in [-0.2, 0) is 14.3 Å². The highest BCUT2D eigenvalue weighted by Crippen LogP contribution is 2.13. The van der Waals surface area contributed by atoms with E-state index in [0.29, 0.717) is 26.1 Å². The first-order chi connectivity index (χ1) is 8.15. The molecule has 2 saturated heterocycles. The van der Waals surface area contributed by atoms with Crippen LogP contribution in [0.2, 0.25) is 0 Å². The van der Waals surface area contributed by atoms with Crippen LogP contribution in [0.25, 0.3) is 0 Å². The minimum atomic E-state index is 0.0321. The van der Waals surface area contributed by atoms with E-state index in [9.17, 15) is 4.79 Å². The zero-order chi connectivity index (χ0) is 12.3. The molecule has 2 aliphatic heterocycles. The zero-order valence-corrected chi connectivity index (χ0v) is 10.6. The molecule has 3 unspecified atom stereocenters. The smallest absolute Gasteiger partial charge is 0.225 e. The molecule has 0 bridgehead atoms. The van der Waals surface area contributed by atoms with Crippen LogP contribution >= 0.6 is 0 Å². The minimum Gasteiger partial charge on any atom is -0.375 e. The predicted molar refractivity (Wildman–Crippen MR) is 63.8 cm³/mol. The Hall–Kier alpha value is -0.650. The van der Waals surface area contributed by atoms with Crippen molar-refractivity contribution in [2.45, 2.75) is 38.6 Å². The van der Waals surface area contributed by atoms with Crippen LogP contribution in [0.4, 0.5) is 0 Å². The molecule has 2 rings (SSSR count). The van der Waals surface area contributed by atoms with Crippen molar-refractivity contribution >= 4 is 5.91 Å². The van der Waals surface area contributed by atoms with Crippen molar-refractivity contribution in [1.82, 2.24) is 10.2 Å². The van der Waals surface area contributed by atoms with Gasteiger partial charge in [-0.3, -0.25) is 4.79 Å². The second-order valence-electron chi connectivity index (χ2n) is 4.96. The maximum Gasteiger partial charge on any atom is 0.225 e. The maximum absolute atomic E-state index is 12.1. The molecule has 1 N–H and O–H groups in total. The van der Waals surface area contributed by atoms with Crippen LogP contribution in [0.5, 0.6) is 0 Å². The number of carbonyl (C=O) groups excluding carboxylic acids is 1. The van der Waals surface area contributed by atoms with Gasteiger partial charge in [-0.2, -0.15) is 0 Å². The molecule has 5 nitrogen and oxygen atoms in total. The Morgan fingerprint density at radius 1 is 1.35 bits per heavy atom. The van der Waals surface area contributed by atoms with E-state index in [-0.39, 0.29) is 24.2 Å². The lowest BCUT2D eigenvalue weighted by atomic mass is 10.1. The third-order valence-electron chi connectivity index (χ3n) is 3.18. The molecule has 2 fully saturated rings. The van der Waals surface area contributed by atoms with Crippen LogP contribution in [0.1, 0.15) is 20.3 Å². The van der Waals surface area contributed by atoms with Gasteiger partial charge in [-0.05, 0) is 13.8 Å². The first-order valence-electron chi connectivity index (χ1n) is 6.40. The molecule has 0 aromatic rings. The molecule has 0 aliphatic carbocycles. The first-order valence-corrected chi connectivity index (χ1v) is 6.40. The zero-order valence-electron chi connectivity index (χ0n) is 10.6. The van der Waals surface area contributed by atoms with Crippen molar-refractivity contribution in [2.75, 3.05) is 32.8 Å². The van der Waals surface area contributed by atoms with Gasteiger partial charge < -0.3 is 19.7 Å². The van der Waals surface area contributed by atoms with Crippen molar-refractivity contribution in [2.24, 2.45) is 0 Å². The normalized spacial score (nSPS) is 34.7. The largest absolute Gasteiger partial charge is 0.375 e. The van der Waals surface area contributed by atoms with Crippen LogP contribution in [0.15, 0.2) is 0 Å². The first kappa shape index (κ1) is 12.8. The van der Waals surface area contributed by atoms with E-state index in [2.05, 4.69) is 5.32 Å². The Morgan fingerprint density at radius 2 is 2.06 bits per heavy atom. The maximum atomic E-state index is 12.1. The van der Waals surface area contributed by atoms with Gasteiger partial charge in [0.15, 0.2) is 0 Å². The fraction of sp³-hybridized carbons (Fsp3) is 0.917. The number of nitrogens with zero attached hydrogens (tertiary/aromatic N) is 1.